The van der Waals surface area contributed by atoms with Crippen LogP contribution in [-0.2, 0) is 30.4 Å². The number of nitrogens with one attached hydrogen (secondary N) is 5. The van der Waals surface area contributed by atoms with Crippen molar-refractivity contribution in [3.05, 3.63) is 48.0 Å². The second kappa shape index (κ2) is 18.8. The predicted octanol–water partition coefficient (Wildman–Crippen LogP) is 1.07. The lowest BCUT2D eigenvalue weighted by atomic mass is 9.93. The largest absolute Gasteiger partial charge is 0.465 e. The maximum atomic E-state index is 13.5. The van der Waals surface area contributed by atoms with Gasteiger partial charge in [-0.15, -0.1) is 0 Å². The predicted molar refractivity (Wildman–Crippen MR) is 178 cm³/mol. The summed E-state index contributed by atoms with van der Waals surface area (Å²) in [5.41, 5.74) is 11.5. The first-order valence-electron chi connectivity index (χ1n) is 15.9. The minimum Gasteiger partial charge on any atom is -0.465 e. The van der Waals surface area contributed by atoms with Crippen molar-refractivity contribution in [3.8, 4) is 0 Å². The van der Waals surface area contributed by atoms with Crippen LogP contribution < -0.4 is 38.1 Å². The van der Waals surface area contributed by atoms with E-state index in [0.717, 1.165) is 16.3 Å². The molecule has 0 fully saturated rings. The normalized spacial score (nSPS) is 14.1. The zero-order chi connectivity index (χ0) is 36.0. The van der Waals surface area contributed by atoms with E-state index < -0.39 is 71.6 Å². The van der Waals surface area contributed by atoms with Crippen molar-refractivity contribution in [1.29, 1.82) is 0 Å². The summed E-state index contributed by atoms with van der Waals surface area (Å²) in [4.78, 5) is 88.2. The molecule has 0 aliphatic rings. The van der Waals surface area contributed by atoms with Crippen LogP contribution in [0.2, 0.25) is 0 Å². The van der Waals surface area contributed by atoms with Crippen molar-refractivity contribution in [2.24, 2.45) is 23.3 Å². The van der Waals surface area contributed by atoms with E-state index in [1.165, 1.54) is 0 Å². The highest BCUT2D eigenvalue weighted by molar-refractivity contribution is 6.39. The number of Topliss-reactive ketones (excluding diaryl/α,β-unsaturated/α-hetero) is 1. The summed E-state index contributed by atoms with van der Waals surface area (Å²) in [6, 6.07) is 7.35. The van der Waals surface area contributed by atoms with Gasteiger partial charge in [0.1, 0.15) is 18.1 Å². The summed E-state index contributed by atoms with van der Waals surface area (Å²) in [5.74, 6) is -5.23. The number of primary amides is 2. The molecule has 15 heteroatoms. The van der Waals surface area contributed by atoms with E-state index in [4.69, 9.17) is 11.5 Å². The first-order chi connectivity index (χ1) is 22.6. The third-order valence-corrected chi connectivity index (χ3v) is 7.84. The molecule has 15 nitrogen and oxygen atoms in total. The van der Waals surface area contributed by atoms with Crippen molar-refractivity contribution >= 4 is 52.3 Å². The Hall–Kier alpha value is -5.21. The fourth-order valence-electron chi connectivity index (χ4n) is 5.06. The first kappa shape index (κ1) is 39.0. The number of nitrogens with two attached hydrogens (primary N) is 2. The molecule has 7 amide bonds. The molecule has 2 aromatic rings. The number of carboxylic acid groups (broad SMARTS) is 1. The van der Waals surface area contributed by atoms with Gasteiger partial charge in [0.15, 0.2) is 0 Å². The zero-order valence-corrected chi connectivity index (χ0v) is 27.7. The summed E-state index contributed by atoms with van der Waals surface area (Å²) < 4.78 is 0. The number of amides is 7. The molecule has 0 saturated carbocycles. The van der Waals surface area contributed by atoms with Crippen molar-refractivity contribution in [2.75, 3.05) is 6.54 Å². The number of hydrogen-bond acceptors (Lipinski definition) is 7. The fourth-order valence-corrected chi connectivity index (χ4v) is 5.06. The number of benzene rings is 2. The van der Waals surface area contributed by atoms with Gasteiger partial charge in [-0.2, -0.15) is 0 Å². The highest BCUT2D eigenvalue weighted by Gasteiger charge is 2.35. The number of carbonyl (C=O) groups excluding carboxylic acids is 6. The van der Waals surface area contributed by atoms with Crippen LogP contribution in [0.3, 0.4) is 0 Å². The molecule has 0 saturated heterocycles. The van der Waals surface area contributed by atoms with E-state index >= 15 is 0 Å². The average Bonchev–Trinajstić information content (AvgIpc) is 3.02. The summed E-state index contributed by atoms with van der Waals surface area (Å²) in [5, 5.41) is 23.1. The quantitative estimate of drug-likeness (QED) is 0.0791. The number of fused-ring (bicyclic) bond motifs is 1. The molecule has 0 spiro atoms. The summed E-state index contributed by atoms with van der Waals surface area (Å²) >= 11 is 0. The minimum absolute atomic E-state index is 0.0542. The van der Waals surface area contributed by atoms with Gasteiger partial charge < -0.3 is 43.2 Å². The number of rotatable bonds is 19. The Kier molecular flexibility index (Phi) is 15.3. The average molecular weight is 670 g/mol. The second-order valence-electron chi connectivity index (χ2n) is 12.2. The van der Waals surface area contributed by atoms with Gasteiger partial charge in [0, 0.05) is 13.0 Å². The Morgan fingerprint density at radius 3 is 2.02 bits per heavy atom. The molecule has 10 N–H and O–H groups in total. The molecule has 48 heavy (non-hydrogen) atoms. The van der Waals surface area contributed by atoms with Crippen LogP contribution in [-0.4, -0.2) is 77.4 Å². The number of carbonyl (C=O) groups is 7. The lowest BCUT2D eigenvalue weighted by Crippen LogP contribution is -2.58. The van der Waals surface area contributed by atoms with Gasteiger partial charge in [-0.1, -0.05) is 76.6 Å². The van der Waals surface area contributed by atoms with E-state index in [-0.39, 0.29) is 38.1 Å². The smallest absolute Gasteiger partial charge is 0.405 e. The first-order valence-corrected chi connectivity index (χ1v) is 15.9. The van der Waals surface area contributed by atoms with Gasteiger partial charge in [-0.3, -0.25) is 24.0 Å². The lowest BCUT2D eigenvalue weighted by Gasteiger charge is -2.27. The standard InChI is InChI=1S/C33H47N7O8/c1-5-19(4)26(40-30(44)25(15-18(2)3)39-33(47)48)27(41)31(45)37-23(11-8-14-36-32(35)46)29(43)38-24(28(34)42)17-20-12-13-21-9-6-7-10-22(21)16-20/h6-7,9-10,12-13,16,18-19,23-26,39H,5,8,11,14-15,17H2,1-4H3,(H2,34,42)(H,37,45)(H,38,43)(H,40,44)(H,47,48)(H3,35,36,46)/t19-,23-,24-,25-,26?/m0/s1. The molecule has 0 aliphatic heterocycles. The highest BCUT2D eigenvalue weighted by Crippen LogP contribution is 2.17. The Balaban J connectivity index is 2.26. The molecule has 0 aliphatic carbocycles. The highest BCUT2D eigenvalue weighted by atomic mass is 16.4. The zero-order valence-electron chi connectivity index (χ0n) is 27.7. The second-order valence-corrected chi connectivity index (χ2v) is 12.2. The van der Waals surface area contributed by atoms with Gasteiger partial charge in [-0.25, -0.2) is 9.59 Å². The van der Waals surface area contributed by atoms with E-state index in [1.807, 2.05) is 36.4 Å². The topological polar surface area (TPSA) is 252 Å². The van der Waals surface area contributed by atoms with Gasteiger partial charge in [0.05, 0.1) is 6.04 Å². The molecule has 0 aromatic heterocycles. The molecule has 2 aromatic carbocycles. The van der Waals surface area contributed by atoms with Crippen molar-refractivity contribution < 1.29 is 38.7 Å². The van der Waals surface area contributed by atoms with Crippen LogP contribution in [0.5, 0.6) is 0 Å². The Morgan fingerprint density at radius 2 is 1.44 bits per heavy atom. The molecule has 0 heterocycles. The monoisotopic (exact) mass is 669 g/mol. The Bertz CT molecular complexity index is 1480. The summed E-state index contributed by atoms with van der Waals surface area (Å²) in [7, 11) is 0. The maximum Gasteiger partial charge on any atom is 0.405 e. The molecule has 2 rings (SSSR count). The van der Waals surface area contributed by atoms with Gasteiger partial charge in [-0.05, 0) is 47.4 Å². The minimum atomic E-state index is -1.42. The molecular formula is C33H47N7O8. The van der Waals surface area contributed by atoms with Gasteiger partial charge >= 0.3 is 12.1 Å². The molecule has 0 radical (unpaired) electrons. The van der Waals surface area contributed by atoms with Gasteiger partial charge in [0.2, 0.25) is 23.5 Å². The Labute approximate surface area is 279 Å². The number of urea groups is 1. The molecule has 5 atom stereocenters. The molecule has 262 valence electrons. The van der Waals surface area contributed by atoms with E-state index in [1.54, 1.807) is 33.8 Å². The lowest BCUT2D eigenvalue weighted by molar-refractivity contribution is -0.142. The number of hydrogen-bond donors (Lipinski definition) is 8. The molecule has 0 bridgehead atoms. The maximum absolute atomic E-state index is 13.5. The third kappa shape index (κ3) is 12.5. The third-order valence-electron chi connectivity index (χ3n) is 7.84. The molecular weight excluding hydrogens is 622 g/mol. The fraction of sp³-hybridized carbons (Fsp3) is 0.485. The van der Waals surface area contributed by atoms with E-state index in [2.05, 4.69) is 26.6 Å². The summed E-state index contributed by atoms with van der Waals surface area (Å²) in [6.07, 6.45) is -0.749. The van der Waals surface area contributed by atoms with Crippen molar-refractivity contribution in [3.63, 3.8) is 0 Å². The molecule has 1 unspecified atom stereocenters. The van der Waals surface area contributed by atoms with E-state index in [0.29, 0.717) is 6.42 Å². The van der Waals surface area contributed by atoms with Gasteiger partial charge in [0.25, 0.3) is 5.91 Å². The SMILES string of the molecule is CC[C@H](C)C(NC(=O)[C@H](CC(C)C)NC(=O)O)C(=O)C(=O)N[C@@H](CCCNC(N)=O)C(=O)N[C@@H](Cc1ccc2ccccc2c1)C(N)=O. The Morgan fingerprint density at radius 1 is 0.792 bits per heavy atom. The van der Waals surface area contributed by atoms with Crippen LogP contribution in [0.4, 0.5) is 9.59 Å². The van der Waals surface area contributed by atoms with Crippen LogP contribution in [0, 0.1) is 11.8 Å². The van der Waals surface area contributed by atoms with Crippen LogP contribution in [0.25, 0.3) is 10.8 Å². The van der Waals surface area contributed by atoms with Crippen LogP contribution in [0.15, 0.2) is 42.5 Å². The number of ketones is 1. The van der Waals surface area contributed by atoms with Crippen LogP contribution in [0.1, 0.15) is 58.9 Å². The van der Waals surface area contributed by atoms with Crippen molar-refractivity contribution in [1.82, 2.24) is 26.6 Å². The van der Waals surface area contributed by atoms with E-state index in [9.17, 15) is 38.7 Å². The summed E-state index contributed by atoms with van der Waals surface area (Å²) in [6.45, 7) is 7.03. The van der Waals surface area contributed by atoms with Crippen LogP contribution >= 0.6 is 0 Å². The van der Waals surface area contributed by atoms with Crippen molar-refractivity contribution in [2.45, 2.75) is 84.0 Å².